The highest BCUT2D eigenvalue weighted by atomic mass is 32.2. The lowest BCUT2D eigenvalue weighted by Crippen LogP contribution is -2.43. The molecule has 21 heavy (non-hydrogen) atoms. The number of carbonyl (C=O) groups is 1. The van der Waals surface area contributed by atoms with Crippen molar-refractivity contribution < 1.29 is 19.6 Å². The number of carboxylic acid groups (broad SMARTS) is 1. The minimum atomic E-state index is -1.13. The summed E-state index contributed by atoms with van der Waals surface area (Å²) in [6.45, 7) is 2.44. The maximum absolute atomic E-state index is 11.2. The first-order valence-electron chi connectivity index (χ1n) is 6.44. The van der Waals surface area contributed by atoms with E-state index in [1.807, 2.05) is 6.92 Å². The van der Waals surface area contributed by atoms with Gasteiger partial charge in [0.05, 0.1) is 10.7 Å². The maximum atomic E-state index is 11.2. The fraction of sp³-hybridized carbons (Fsp3) is 0.333. The number of benzene rings is 1. The number of fused-ring (bicyclic) bond motifs is 1. The third-order valence-corrected chi connectivity index (χ3v) is 4.17. The molecule has 0 amide bonds. The van der Waals surface area contributed by atoms with Gasteiger partial charge < -0.3 is 20.2 Å². The minimum Gasteiger partial charge on any atom is -0.535 e. The molecule has 9 heteroatoms. The van der Waals surface area contributed by atoms with Gasteiger partial charge in [0.2, 0.25) is 0 Å². The van der Waals surface area contributed by atoms with Crippen molar-refractivity contribution in [2.24, 2.45) is 10.8 Å². The van der Waals surface area contributed by atoms with Gasteiger partial charge in [0.1, 0.15) is 5.75 Å². The van der Waals surface area contributed by atoms with Gasteiger partial charge in [-0.3, -0.25) is 4.99 Å². The Bertz CT molecular complexity index is 569. The van der Waals surface area contributed by atoms with E-state index >= 15 is 0 Å². The van der Waals surface area contributed by atoms with Gasteiger partial charge in [-0.2, -0.15) is 0 Å². The largest absolute Gasteiger partial charge is 0.537 e. The number of nitrogens with one attached hydrogen (secondary N) is 1. The van der Waals surface area contributed by atoms with Gasteiger partial charge in [-0.15, -0.1) is 0 Å². The Balaban J connectivity index is 2.23. The molecule has 1 aliphatic heterocycles. The SMILES string of the molecule is CCN=C(NN)S[C@H]1Cc2cccc(C(=O)O)c2OB1O. The number of nitrogens with two attached hydrogens (primary N) is 1. The summed E-state index contributed by atoms with van der Waals surface area (Å²) in [5, 5.41) is 19.4. The molecule has 1 atom stereocenters. The van der Waals surface area contributed by atoms with E-state index in [9.17, 15) is 9.82 Å². The van der Waals surface area contributed by atoms with Crippen LogP contribution in [0.5, 0.6) is 5.75 Å². The normalized spacial score (nSPS) is 18.0. The van der Waals surface area contributed by atoms with E-state index in [-0.39, 0.29) is 16.5 Å². The molecule has 7 nitrogen and oxygen atoms in total. The van der Waals surface area contributed by atoms with Crippen molar-refractivity contribution in [3.8, 4) is 5.75 Å². The molecule has 0 unspecified atom stereocenters. The number of para-hydroxylation sites is 1. The van der Waals surface area contributed by atoms with Crippen LogP contribution >= 0.6 is 11.8 Å². The smallest absolute Gasteiger partial charge is 0.535 e. The average Bonchev–Trinajstić information content (AvgIpc) is 2.46. The molecule has 0 saturated carbocycles. The van der Waals surface area contributed by atoms with Gasteiger partial charge in [0.15, 0.2) is 5.17 Å². The summed E-state index contributed by atoms with van der Waals surface area (Å²) in [6, 6.07) is 4.90. The Hall–Kier alpha value is -1.71. The lowest BCUT2D eigenvalue weighted by molar-refractivity contribution is 0.0694. The summed E-state index contributed by atoms with van der Waals surface area (Å²) < 4.78 is 5.39. The monoisotopic (exact) mass is 309 g/mol. The van der Waals surface area contributed by atoms with E-state index in [0.29, 0.717) is 18.1 Å². The Morgan fingerprint density at radius 1 is 1.67 bits per heavy atom. The molecule has 0 aliphatic carbocycles. The molecule has 0 spiro atoms. The van der Waals surface area contributed by atoms with Gasteiger partial charge >= 0.3 is 13.1 Å². The number of nitrogens with zero attached hydrogens (tertiary/aromatic N) is 1. The van der Waals surface area contributed by atoms with Crippen molar-refractivity contribution in [2.75, 3.05) is 6.54 Å². The van der Waals surface area contributed by atoms with E-state index in [1.165, 1.54) is 17.8 Å². The van der Waals surface area contributed by atoms with Crippen molar-refractivity contribution in [1.29, 1.82) is 0 Å². The van der Waals surface area contributed by atoms with Crippen LogP contribution in [0, 0.1) is 0 Å². The van der Waals surface area contributed by atoms with E-state index in [1.54, 1.807) is 12.1 Å². The predicted octanol–water partition coefficient (Wildman–Crippen LogP) is 0.280. The fourth-order valence-corrected chi connectivity index (χ4v) is 3.06. The van der Waals surface area contributed by atoms with Crippen molar-refractivity contribution in [2.45, 2.75) is 18.5 Å². The molecule has 1 heterocycles. The van der Waals surface area contributed by atoms with Gasteiger partial charge in [-0.25, -0.2) is 10.6 Å². The first-order valence-corrected chi connectivity index (χ1v) is 7.32. The molecular weight excluding hydrogens is 293 g/mol. The minimum absolute atomic E-state index is 0.0504. The van der Waals surface area contributed by atoms with Gasteiger partial charge in [0, 0.05) is 6.54 Å². The Morgan fingerprint density at radius 3 is 3.05 bits per heavy atom. The zero-order valence-corrected chi connectivity index (χ0v) is 12.3. The zero-order chi connectivity index (χ0) is 15.4. The highest BCUT2D eigenvalue weighted by Crippen LogP contribution is 2.34. The predicted molar refractivity (Wildman–Crippen MR) is 82.4 cm³/mol. The molecule has 0 aromatic heterocycles. The number of aromatic carboxylic acids is 1. The first-order chi connectivity index (χ1) is 10.1. The topological polar surface area (TPSA) is 117 Å². The molecule has 0 radical (unpaired) electrons. The number of carboxylic acids is 1. The number of thioether (sulfide) groups is 1. The zero-order valence-electron chi connectivity index (χ0n) is 11.4. The highest BCUT2D eigenvalue weighted by Gasteiger charge is 2.38. The van der Waals surface area contributed by atoms with Gasteiger partial charge in [-0.05, 0) is 25.0 Å². The average molecular weight is 309 g/mol. The summed E-state index contributed by atoms with van der Waals surface area (Å²) in [5.74, 6) is 4.52. The standard InChI is InChI=1S/C12H16BN3O4S/c1-2-15-12(16-14)21-9-6-7-4-3-5-8(11(17)18)10(7)20-13(9)19/h3-5,9,19H,2,6,14H2,1H3,(H,15,16)(H,17,18)/t9-/m0/s1. The second-order valence-corrected chi connectivity index (χ2v) is 5.62. The summed E-state index contributed by atoms with van der Waals surface area (Å²) in [6.07, 6.45) is 0.465. The van der Waals surface area contributed by atoms with Crippen molar-refractivity contribution in [3.05, 3.63) is 29.3 Å². The van der Waals surface area contributed by atoms with E-state index in [2.05, 4.69) is 10.4 Å². The van der Waals surface area contributed by atoms with Crippen molar-refractivity contribution in [1.82, 2.24) is 5.43 Å². The first kappa shape index (κ1) is 15.7. The molecular formula is C12H16BN3O4S. The van der Waals surface area contributed by atoms with Crippen LogP contribution in [0.1, 0.15) is 22.8 Å². The lowest BCUT2D eigenvalue weighted by Gasteiger charge is -2.28. The quantitative estimate of drug-likeness (QED) is 0.208. The molecule has 5 N–H and O–H groups in total. The third kappa shape index (κ3) is 3.49. The molecule has 1 aromatic carbocycles. The molecule has 112 valence electrons. The van der Waals surface area contributed by atoms with Crippen LogP contribution in [-0.2, 0) is 6.42 Å². The molecule has 1 aromatic rings. The Kier molecular flexibility index (Phi) is 5.10. The number of amidine groups is 1. The van der Waals surface area contributed by atoms with E-state index < -0.39 is 13.1 Å². The third-order valence-electron chi connectivity index (χ3n) is 2.99. The van der Waals surface area contributed by atoms with E-state index in [4.69, 9.17) is 15.6 Å². The van der Waals surface area contributed by atoms with Crippen LogP contribution in [0.3, 0.4) is 0 Å². The number of hydrogen-bond donors (Lipinski definition) is 4. The summed E-state index contributed by atoms with van der Waals surface area (Å²) in [5.41, 5.74) is 3.27. The van der Waals surface area contributed by atoms with Crippen LogP contribution in [0.25, 0.3) is 0 Å². The van der Waals surface area contributed by atoms with Crippen molar-refractivity contribution in [3.63, 3.8) is 0 Å². The maximum Gasteiger partial charge on any atom is 0.537 e. The summed E-state index contributed by atoms with van der Waals surface area (Å²) in [4.78, 5) is 15.3. The molecule has 0 saturated heterocycles. The number of aliphatic imine (C=N–C) groups is 1. The van der Waals surface area contributed by atoms with Gasteiger partial charge in [0.25, 0.3) is 0 Å². The second kappa shape index (κ2) is 6.84. The van der Waals surface area contributed by atoms with Crippen LogP contribution in [0.15, 0.2) is 23.2 Å². The highest BCUT2D eigenvalue weighted by molar-refractivity contribution is 8.15. The Labute approximate surface area is 126 Å². The van der Waals surface area contributed by atoms with Crippen LogP contribution in [0.4, 0.5) is 0 Å². The summed E-state index contributed by atoms with van der Waals surface area (Å²) >= 11 is 1.27. The molecule has 0 fully saturated rings. The number of rotatable bonds is 3. The fourth-order valence-electron chi connectivity index (χ4n) is 2.07. The van der Waals surface area contributed by atoms with Gasteiger partial charge in [-0.1, -0.05) is 23.9 Å². The number of hydrogen-bond acceptors (Lipinski definition) is 6. The molecule has 2 rings (SSSR count). The number of hydrazine groups is 1. The van der Waals surface area contributed by atoms with Crippen LogP contribution < -0.4 is 15.9 Å². The van der Waals surface area contributed by atoms with Crippen molar-refractivity contribution >= 4 is 30.0 Å². The van der Waals surface area contributed by atoms with Crippen LogP contribution in [0.2, 0.25) is 0 Å². The lowest BCUT2D eigenvalue weighted by atomic mass is 9.77. The second-order valence-electron chi connectivity index (χ2n) is 4.39. The van der Waals surface area contributed by atoms with Crippen LogP contribution in [-0.4, -0.2) is 40.1 Å². The Morgan fingerprint density at radius 2 is 2.43 bits per heavy atom. The molecule has 0 bridgehead atoms. The molecule has 1 aliphatic rings. The van der Waals surface area contributed by atoms with E-state index in [0.717, 1.165) is 5.56 Å². The summed E-state index contributed by atoms with van der Waals surface area (Å²) in [7, 11) is -1.13.